The van der Waals surface area contributed by atoms with E-state index in [4.69, 9.17) is 9.47 Å². The molecule has 3 nitrogen and oxygen atoms in total. The Labute approximate surface area is 102 Å². The Balaban J connectivity index is 2.21. The molecular weight excluding hydrogens is 224 g/mol. The SMILES string of the molecule is CCOC(=O)C(C)(C)SCC[C@H]1CCOC1. The van der Waals surface area contributed by atoms with E-state index in [1.807, 2.05) is 20.8 Å². The van der Waals surface area contributed by atoms with E-state index in [1.165, 1.54) is 6.42 Å². The first-order chi connectivity index (χ1) is 7.56. The normalized spacial score (nSPS) is 21.1. The van der Waals surface area contributed by atoms with E-state index in [0.717, 1.165) is 25.4 Å². The predicted molar refractivity (Wildman–Crippen MR) is 66.7 cm³/mol. The summed E-state index contributed by atoms with van der Waals surface area (Å²) in [6.07, 6.45) is 2.30. The van der Waals surface area contributed by atoms with E-state index in [9.17, 15) is 4.79 Å². The van der Waals surface area contributed by atoms with Crippen molar-refractivity contribution in [2.24, 2.45) is 5.92 Å². The lowest BCUT2D eigenvalue weighted by molar-refractivity contribution is -0.145. The largest absolute Gasteiger partial charge is 0.465 e. The van der Waals surface area contributed by atoms with Gasteiger partial charge in [-0.25, -0.2) is 0 Å². The highest BCUT2D eigenvalue weighted by molar-refractivity contribution is 8.01. The van der Waals surface area contributed by atoms with Gasteiger partial charge < -0.3 is 9.47 Å². The summed E-state index contributed by atoms with van der Waals surface area (Å²) in [5, 5.41) is 0. The maximum absolute atomic E-state index is 11.6. The van der Waals surface area contributed by atoms with Crippen molar-refractivity contribution in [2.45, 2.75) is 38.4 Å². The Morgan fingerprint density at radius 3 is 2.88 bits per heavy atom. The third kappa shape index (κ3) is 4.34. The standard InChI is InChI=1S/C12H22O3S/c1-4-15-11(13)12(2,3)16-8-6-10-5-7-14-9-10/h10H,4-9H2,1-3H3/t10-/m1/s1. The van der Waals surface area contributed by atoms with Crippen LogP contribution in [-0.4, -0.2) is 36.3 Å². The molecule has 94 valence electrons. The van der Waals surface area contributed by atoms with Gasteiger partial charge in [0, 0.05) is 13.2 Å². The van der Waals surface area contributed by atoms with E-state index >= 15 is 0 Å². The van der Waals surface area contributed by atoms with Crippen LogP contribution in [0.5, 0.6) is 0 Å². The predicted octanol–water partition coefficient (Wildman–Crippen LogP) is 2.49. The summed E-state index contributed by atoms with van der Waals surface area (Å²) >= 11 is 1.68. The molecule has 0 bridgehead atoms. The van der Waals surface area contributed by atoms with Crippen molar-refractivity contribution in [2.75, 3.05) is 25.6 Å². The topological polar surface area (TPSA) is 35.5 Å². The molecule has 1 saturated heterocycles. The van der Waals surface area contributed by atoms with Crippen molar-refractivity contribution < 1.29 is 14.3 Å². The number of carbonyl (C=O) groups excluding carboxylic acids is 1. The Morgan fingerprint density at radius 2 is 2.31 bits per heavy atom. The highest BCUT2D eigenvalue weighted by Crippen LogP contribution is 2.29. The van der Waals surface area contributed by atoms with E-state index in [2.05, 4.69) is 0 Å². The summed E-state index contributed by atoms with van der Waals surface area (Å²) in [6, 6.07) is 0. The van der Waals surface area contributed by atoms with E-state index in [-0.39, 0.29) is 5.97 Å². The second-order valence-electron chi connectivity index (χ2n) is 4.60. The molecule has 1 fully saturated rings. The van der Waals surface area contributed by atoms with Gasteiger partial charge >= 0.3 is 5.97 Å². The molecule has 0 aromatic rings. The minimum atomic E-state index is -0.421. The van der Waals surface area contributed by atoms with Crippen molar-refractivity contribution in [3.63, 3.8) is 0 Å². The van der Waals surface area contributed by atoms with Gasteiger partial charge in [-0.15, -0.1) is 11.8 Å². The molecule has 1 aliphatic heterocycles. The van der Waals surface area contributed by atoms with Crippen LogP contribution in [0.15, 0.2) is 0 Å². The molecule has 16 heavy (non-hydrogen) atoms. The molecule has 1 rings (SSSR count). The van der Waals surface area contributed by atoms with Gasteiger partial charge in [0.25, 0.3) is 0 Å². The number of esters is 1. The molecule has 0 aromatic heterocycles. The highest BCUT2D eigenvalue weighted by Gasteiger charge is 2.30. The zero-order chi connectivity index (χ0) is 12.0. The number of carbonyl (C=O) groups is 1. The second kappa shape index (κ2) is 6.50. The Hall–Kier alpha value is -0.220. The fourth-order valence-electron chi connectivity index (χ4n) is 1.66. The number of rotatable bonds is 6. The van der Waals surface area contributed by atoms with Gasteiger partial charge in [0.15, 0.2) is 0 Å². The fraction of sp³-hybridized carbons (Fsp3) is 0.917. The van der Waals surface area contributed by atoms with Gasteiger partial charge in [0.05, 0.1) is 6.61 Å². The van der Waals surface area contributed by atoms with E-state index in [0.29, 0.717) is 12.5 Å². The van der Waals surface area contributed by atoms with Crippen LogP contribution in [0.2, 0.25) is 0 Å². The van der Waals surface area contributed by atoms with E-state index in [1.54, 1.807) is 11.8 Å². The van der Waals surface area contributed by atoms with Crippen molar-refractivity contribution in [3.05, 3.63) is 0 Å². The Bertz CT molecular complexity index is 222. The van der Waals surface area contributed by atoms with Crippen LogP contribution in [0.4, 0.5) is 0 Å². The van der Waals surface area contributed by atoms with Crippen LogP contribution in [0, 0.1) is 5.92 Å². The summed E-state index contributed by atoms with van der Waals surface area (Å²) < 4.78 is 9.95. The summed E-state index contributed by atoms with van der Waals surface area (Å²) in [4.78, 5) is 11.6. The van der Waals surface area contributed by atoms with Gasteiger partial charge in [-0.05, 0) is 45.3 Å². The van der Waals surface area contributed by atoms with Crippen molar-refractivity contribution in [1.82, 2.24) is 0 Å². The van der Waals surface area contributed by atoms with Gasteiger partial charge in [-0.2, -0.15) is 0 Å². The maximum atomic E-state index is 11.6. The third-order valence-corrected chi connectivity index (χ3v) is 4.11. The lowest BCUT2D eigenvalue weighted by atomic mass is 10.1. The molecule has 0 aromatic carbocycles. The summed E-state index contributed by atoms with van der Waals surface area (Å²) in [5.41, 5.74) is 0. The molecule has 0 spiro atoms. The van der Waals surface area contributed by atoms with Crippen molar-refractivity contribution >= 4 is 17.7 Å². The highest BCUT2D eigenvalue weighted by atomic mass is 32.2. The first kappa shape index (κ1) is 13.8. The molecule has 0 aliphatic carbocycles. The molecule has 0 unspecified atom stereocenters. The quantitative estimate of drug-likeness (QED) is 0.675. The molecule has 0 N–H and O–H groups in total. The monoisotopic (exact) mass is 246 g/mol. The number of hydrogen-bond acceptors (Lipinski definition) is 4. The fourth-order valence-corrected chi connectivity index (χ4v) is 2.79. The molecule has 0 amide bonds. The third-order valence-electron chi connectivity index (χ3n) is 2.78. The molecule has 0 saturated carbocycles. The van der Waals surface area contributed by atoms with Gasteiger partial charge in [0.2, 0.25) is 0 Å². The Kier molecular flexibility index (Phi) is 5.62. The van der Waals surface area contributed by atoms with Gasteiger partial charge in [-0.3, -0.25) is 4.79 Å². The van der Waals surface area contributed by atoms with Gasteiger partial charge in [-0.1, -0.05) is 0 Å². The minimum absolute atomic E-state index is 0.109. The zero-order valence-electron chi connectivity index (χ0n) is 10.5. The van der Waals surface area contributed by atoms with Crippen molar-refractivity contribution in [3.8, 4) is 0 Å². The second-order valence-corrected chi connectivity index (χ2v) is 6.32. The maximum Gasteiger partial charge on any atom is 0.321 e. The molecular formula is C12H22O3S. The number of hydrogen-bond donors (Lipinski definition) is 0. The molecule has 4 heteroatoms. The average Bonchev–Trinajstić information content (AvgIpc) is 2.70. The lowest BCUT2D eigenvalue weighted by Crippen LogP contribution is -2.30. The lowest BCUT2D eigenvalue weighted by Gasteiger charge is -2.22. The molecule has 1 atom stereocenters. The summed E-state index contributed by atoms with van der Waals surface area (Å²) in [5.74, 6) is 1.58. The van der Waals surface area contributed by atoms with Crippen LogP contribution in [0.1, 0.15) is 33.6 Å². The number of ether oxygens (including phenoxy) is 2. The van der Waals surface area contributed by atoms with Gasteiger partial charge in [0.1, 0.15) is 4.75 Å². The smallest absolute Gasteiger partial charge is 0.321 e. The molecule has 1 aliphatic rings. The summed E-state index contributed by atoms with van der Waals surface area (Å²) in [7, 11) is 0. The Morgan fingerprint density at radius 1 is 1.56 bits per heavy atom. The van der Waals surface area contributed by atoms with Crippen LogP contribution < -0.4 is 0 Å². The molecule has 0 radical (unpaired) electrons. The zero-order valence-corrected chi connectivity index (χ0v) is 11.3. The average molecular weight is 246 g/mol. The van der Waals surface area contributed by atoms with Crippen LogP contribution >= 0.6 is 11.8 Å². The number of thioether (sulfide) groups is 1. The first-order valence-electron chi connectivity index (χ1n) is 5.95. The minimum Gasteiger partial charge on any atom is -0.465 e. The van der Waals surface area contributed by atoms with Crippen LogP contribution in [0.3, 0.4) is 0 Å². The van der Waals surface area contributed by atoms with Crippen molar-refractivity contribution in [1.29, 1.82) is 0 Å². The first-order valence-corrected chi connectivity index (χ1v) is 6.93. The van der Waals surface area contributed by atoms with Crippen LogP contribution in [0.25, 0.3) is 0 Å². The van der Waals surface area contributed by atoms with Crippen LogP contribution in [-0.2, 0) is 14.3 Å². The van der Waals surface area contributed by atoms with E-state index < -0.39 is 4.75 Å². The summed E-state index contributed by atoms with van der Waals surface area (Å²) in [6.45, 7) is 7.95. The molecule has 1 heterocycles.